The summed E-state index contributed by atoms with van der Waals surface area (Å²) in [6.07, 6.45) is 3.35. The number of aryl methyl sites for hydroxylation is 4. The van der Waals surface area contributed by atoms with E-state index in [0.29, 0.717) is 23.7 Å². The monoisotopic (exact) mass is 416 g/mol. The van der Waals surface area contributed by atoms with Crippen molar-refractivity contribution in [2.24, 2.45) is 12.1 Å². The van der Waals surface area contributed by atoms with Crippen LogP contribution in [0.2, 0.25) is 0 Å². The first-order valence-electron chi connectivity index (χ1n) is 10.1. The highest BCUT2D eigenvalue weighted by atomic mass is 16.2. The predicted molar refractivity (Wildman–Crippen MR) is 123 cm³/mol. The fourth-order valence-corrected chi connectivity index (χ4v) is 3.44. The standard InChI is InChI=1S/C23H24N6O2/c1-16-10-12-18(13-11-16)15-24-27-22-25-20-19(21(30)26-23(31)28(20)2)29(22)14-6-9-17-7-4-3-5-8-17/h3-5,7-8,10-13,15H,6,9,14H2,1-2H3,(H,25,27)(H,26,30,31)/b24-15-. The number of benzene rings is 2. The average molecular weight is 416 g/mol. The molecule has 0 radical (unpaired) electrons. The lowest BCUT2D eigenvalue weighted by molar-refractivity contribution is 0.659. The topological polar surface area (TPSA) is 97.1 Å². The van der Waals surface area contributed by atoms with Gasteiger partial charge < -0.3 is 4.57 Å². The molecule has 2 N–H and O–H groups in total. The van der Waals surface area contributed by atoms with Crippen LogP contribution in [-0.4, -0.2) is 25.3 Å². The van der Waals surface area contributed by atoms with Crippen LogP contribution < -0.4 is 16.7 Å². The lowest BCUT2D eigenvalue weighted by atomic mass is 10.1. The fraction of sp³-hybridized carbons (Fsp3) is 0.217. The molecule has 4 aromatic rings. The van der Waals surface area contributed by atoms with Crippen molar-refractivity contribution in [3.63, 3.8) is 0 Å². The smallest absolute Gasteiger partial charge is 0.303 e. The Hall–Kier alpha value is -3.94. The molecule has 8 nitrogen and oxygen atoms in total. The first-order valence-corrected chi connectivity index (χ1v) is 10.1. The minimum absolute atomic E-state index is 0.321. The molecule has 0 bridgehead atoms. The van der Waals surface area contributed by atoms with E-state index in [1.54, 1.807) is 17.8 Å². The summed E-state index contributed by atoms with van der Waals surface area (Å²) in [5.41, 5.74) is 5.99. The third-order valence-corrected chi connectivity index (χ3v) is 5.15. The van der Waals surface area contributed by atoms with Gasteiger partial charge >= 0.3 is 5.69 Å². The van der Waals surface area contributed by atoms with Gasteiger partial charge in [0.25, 0.3) is 5.56 Å². The van der Waals surface area contributed by atoms with E-state index in [2.05, 4.69) is 32.6 Å². The Labute approximate surface area is 178 Å². The van der Waals surface area contributed by atoms with E-state index >= 15 is 0 Å². The second kappa shape index (κ2) is 8.83. The molecule has 2 heterocycles. The molecule has 0 atom stereocenters. The fourth-order valence-electron chi connectivity index (χ4n) is 3.44. The van der Waals surface area contributed by atoms with Crippen molar-refractivity contribution >= 4 is 23.3 Å². The highest BCUT2D eigenvalue weighted by Gasteiger charge is 2.17. The third-order valence-electron chi connectivity index (χ3n) is 5.15. The number of nitrogens with zero attached hydrogens (tertiary/aromatic N) is 4. The van der Waals surface area contributed by atoms with Crippen molar-refractivity contribution in [2.45, 2.75) is 26.3 Å². The van der Waals surface area contributed by atoms with Crippen LogP contribution in [0.4, 0.5) is 5.95 Å². The van der Waals surface area contributed by atoms with Crippen molar-refractivity contribution < 1.29 is 0 Å². The number of nitrogens with one attached hydrogen (secondary N) is 2. The van der Waals surface area contributed by atoms with E-state index in [1.807, 2.05) is 49.4 Å². The minimum atomic E-state index is -0.499. The maximum Gasteiger partial charge on any atom is 0.329 e. The predicted octanol–water partition coefficient (Wildman–Crippen LogP) is 2.81. The van der Waals surface area contributed by atoms with Gasteiger partial charge in [-0.3, -0.25) is 14.3 Å². The van der Waals surface area contributed by atoms with Gasteiger partial charge in [0.1, 0.15) is 0 Å². The zero-order valence-corrected chi connectivity index (χ0v) is 17.5. The highest BCUT2D eigenvalue weighted by Crippen LogP contribution is 2.17. The Bertz CT molecular complexity index is 1330. The third kappa shape index (κ3) is 4.48. The number of hydrazone groups is 1. The van der Waals surface area contributed by atoms with Gasteiger partial charge in [-0.25, -0.2) is 10.2 Å². The second-order valence-corrected chi connectivity index (χ2v) is 7.45. The van der Waals surface area contributed by atoms with Crippen molar-refractivity contribution in [1.29, 1.82) is 0 Å². The number of fused-ring (bicyclic) bond motifs is 1. The lowest BCUT2D eigenvalue weighted by Gasteiger charge is -2.08. The summed E-state index contributed by atoms with van der Waals surface area (Å²) < 4.78 is 3.11. The molecule has 0 fully saturated rings. The Morgan fingerprint density at radius 3 is 2.58 bits per heavy atom. The van der Waals surface area contributed by atoms with E-state index in [1.165, 1.54) is 15.7 Å². The Morgan fingerprint density at radius 1 is 1.10 bits per heavy atom. The zero-order valence-electron chi connectivity index (χ0n) is 17.5. The van der Waals surface area contributed by atoms with Gasteiger partial charge in [-0.05, 0) is 30.9 Å². The molecular formula is C23H24N6O2. The molecule has 0 saturated heterocycles. The lowest BCUT2D eigenvalue weighted by Crippen LogP contribution is -2.29. The maximum absolute atomic E-state index is 12.6. The minimum Gasteiger partial charge on any atom is -0.303 e. The normalized spacial score (nSPS) is 11.4. The van der Waals surface area contributed by atoms with Crippen LogP contribution >= 0.6 is 0 Å². The van der Waals surface area contributed by atoms with Gasteiger partial charge in [-0.1, -0.05) is 60.2 Å². The molecule has 158 valence electrons. The van der Waals surface area contributed by atoms with E-state index in [0.717, 1.165) is 18.4 Å². The van der Waals surface area contributed by atoms with E-state index in [4.69, 9.17) is 0 Å². The van der Waals surface area contributed by atoms with Crippen LogP contribution in [0.5, 0.6) is 0 Å². The summed E-state index contributed by atoms with van der Waals surface area (Å²) in [5.74, 6) is 0.415. The SMILES string of the molecule is Cc1ccc(/C=N\Nc2nc3c(c(=O)[nH]c(=O)n3C)n2CCCc2ccccc2)cc1. The van der Waals surface area contributed by atoms with Crippen LogP contribution in [0.1, 0.15) is 23.1 Å². The number of hydrogen-bond donors (Lipinski definition) is 2. The van der Waals surface area contributed by atoms with E-state index in [-0.39, 0.29) is 0 Å². The van der Waals surface area contributed by atoms with Crippen LogP contribution in [-0.2, 0) is 20.0 Å². The molecular weight excluding hydrogens is 392 g/mol. The van der Waals surface area contributed by atoms with Crippen molar-refractivity contribution in [3.05, 3.63) is 92.1 Å². The number of rotatable bonds is 7. The van der Waals surface area contributed by atoms with Crippen LogP contribution in [0.25, 0.3) is 11.2 Å². The number of aromatic nitrogens is 4. The van der Waals surface area contributed by atoms with Gasteiger partial charge in [-0.2, -0.15) is 10.1 Å². The molecule has 0 amide bonds. The summed E-state index contributed by atoms with van der Waals surface area (Å²) in [7, 11) is 1.58. The van der Waals surface area contributed by atoms with E-state index < -0.39 is 11.2 Å². The van der Waals surface area contributed by atoms with Crippen molar-refractivity contribution in [1.82, 2.24) is 19.1 Å². The van der Waals surface area contributed by atoms with Crippen molar-refractivity contribution in [3.8, 4) is 0 Å². The first-order chi connectivity index (χ1) is 15.0. The largest absolute Gasteiger partial charge is 0.329 e. The average Bonchev–Trinajstić information content (AvgIpc) is 3.13. The Balaban J connectivity index is 1.64. The molecule has 0 unspecified atom stereocenters. The molecule has 0 aliphatic heterocycles. The Kier molecular flexibility index (Phi) is 5.79. The summed E-state index contributed by atoms with van der Waals surface area (Å²) in [4.78, 5) is 31.4. The molecule has 0 aliphatic rings. The molecule has 2 aromatic heterocycles. The molecule has 4 rings (SSSR count). The highest BCUT2D eigenvalue weighted by molar-refractivity contribution is 5.80. The number of hydrogen-bond acceptors (Lipinski definition) is 5. The quantitative estimate of drug-likeness (QED) is 0.358. The number of aromatic amines is 1. The van der Waals surface area contributed by atoms with Gasteiger partial charge in [0.2, 0.25) is 5.95 Å². The summed E-state index contributed by atoms with van der Waals surface area (Å²) in [6, 6.07) is 18.1. The maximum atomic E-state index is 12.6. The number of anilines is 1. The molecule has 8 heteroatoms. The Morgan fingerprint density at radius 2 is 1.84 bits per heavy atom. The molecule has 0 spiro atoms. The summed E-state index contributed by atoms with van der Waals surface area (Å²) in [6.45, 7) is 2.58. The number of H-pyrrole nitrogens is 1. The van der Waals surface area contributed by atoms with Gasteiger partial charge in [0, 0.05) is 13.6 Å². The molecule has 0 saturated carbocycles. The summed E-state index contributed by atoms with van der Waals surface area (Å²) in [5, 5.41) is 4.29. The van der Waals surface area contributed by atoms with Crippen molar-refractivity contribution in [2.75, 3.05) is 5.43 Å². The zero-order chi connectivity index (χ0) is 21.8. The van der Waals surface area contributed by atoms with E-state index in [9.17, 15) is 9.59 Å². The van der Waals surface area contributed by atoms with Crippen LogP contribution in [0, 0.1) is 6.92 Å². The number of imidazole rings is 1. The second-order valence-electron chi connectivity index (χ2n) is 7.45. The molecule has 0 aliphatic carbocycles. The summed E-state index contributed by atoms with van der Waals surface area (Å²) >= 11 is 0. The van der Waals surface area contributed by atoms with Gasteiger partial charge in [-0.15, -0.1) is 0 Å². The van der Waals surface area contributed by atoms with Crippen LogP contribution in [0.15, 0.2) is 69.3 Å². The molecule has 2 aromatic carbocycles. The van der Waals surface area contributed by atoms with Gasteiger partial charge in [0.05, 0.1) is 6.21 Å². The first kappa shape index (κ1) is 20.3. The van der Waals surface area contributed by atoms with Gasteiger partial charge in [0.15, 0.2) is 11.2 Å². The van der Waals surface area contributed by atoms with Crippen LogP contribution in [0.3, 0.4) is 0 Å². The molecule has 31 heavy (non-hydrogen) atoms.